The van der Waals surface area contributed by atoms with Gasteiger partial charge in [-0.05, 0) is 57.4 Å². The van der Waals surface area contributed by atoms with Gasteiger partial charge < -0.3 is 10.2 Å². The fraction of sp³-hybridized carbons (Fsp3) is 0.346. The normalized spacial score (nSPS) is 16.1. The molecule has 8 nitrogen and oxygen atoms in total. The van der Waals surface area contributed by atoms with E-state index in [2.05, 4.69) is 63.5 Å². The summed E-state index contributed by atoms with van der Waals surface area (Å²) in [7, 11) is 0. The molecule has 0 saturated carbocycles. The SMILES string of the molecule is Cc1ccc(-n2nc3c(N4CCC[C@@H](C(=O)NCc5cccnc5)C4)nnc(C)c3c2C)cc1. The molecule has 34 heavy (non-hydrogen) atoms. The van der Waals surface area contributed by atoms with Crippen LogP contribution >= 0.6 is 0 Å². The fourth-order valence-electron chi connectivity index (χ4n) is 4.68. The number of pyridine rings is 1. The summed E-state index contributed by atoms with van der Waals surface area (Å²) in [5, 5.41) is 18.0. The van der Waals surface area contributed by atoms with Gasteiger partial charge in [0.15, 0.2) is 5.82 Å². The first-order valence-electron chi connectivity index (χ1n) is 11.7. The Bertz CT molecular complexity index is 1310. The zero-order chi connectivity index (χ0) is 23.7. The van der Waals surface area contributed by atoms with Crippen LogP contribution in [0.25, 0.3) is 16.6 Å². The number of nitrogens with one attached hydrogen (secondary N) is 1. The second-order valence-electron chi connectivity index (χ2n) is 9.03. The first-order valence-corrected chi connectivity index (χ1v) is 11.7. The minimum absolute atomic E-state index is 0.0613. The highest BCUT2D eigenvalue weighted by Crippen LogP contribution is 2.31. The van der Waals surface area contributed by atoms with Crippen molar-refractivity contribution in [3.63, 3.8) is 0 Å². The van der Waals surface area contributed by atoms with Crippen LogP contribution in [0.3, 0.4) is 0 Å². The molecule has 0 bridgehead atoms. The summed E-state index contributed by atoms with van der Waals surface area (Å²) in [5.74, 6) is 0.703. The number of piperidine rings is 1. The van der Waals surface area contributed by atoms with E-state index in [1.807, 2.05) is 23.7 Å². The Hall–Kier alpha value is -3.81. The minimum atomic E-state index is -0.108. The molecule has 0 radical (unpaired) electrons. The number of benzene rings is 1. The van der Waals surface area contributed by atoms with Crippen LogP contribution < -0.4 is 10.2 Å². The van der Waals surface area contributed by atoms with Crippen LogP contribution in [-0.2, 0) is 11.3 Å². The molecule has 1 amide bonds. The predicted octanol–water partition coefficient (Wildman–Crippen LogP) is 3.67. The Labute approximate surface area is 199 Å². The topological polar surface area (TPSA) is 88.8 Å². The van der Waals surface area contributed by atoms with Crippen molar-refractivity contribution >= 4 is 22.6 Å². The summed E-state index contributed by atoms with van der Waals surface area (Å²) in [6.07, 6.45) is 5.28. The lowest BCUT2D eigenvalue weighted by Gasteiger charge is -2.32. The lowest BCUT2D eigenvalue weighted by Crippen LogP contribution is -2.43. The van der Waals surface area contributed by atoms with Crippen LogP contribution in [0.1, 0.15) is 35.4 Å². The van der Waals surface area contributed by atoms with Crippen molar-refractivity contribution in [2.75, 3.05) is 18.0 Å². The Morgan fingerprint density at radius 1 is 1.12 bits per heavy atom. The average Bonchev–Trinajstić information content (AvgIpc) is 3.22. The van der Waals surface area contributed by atoms with Crippen molar-refractivity contribution in [1.29, 1.82) is 0 Å². The van der Waals surface area contributed by atoms with Crippen molar-refractivity contribution in [2.45, 2.75) is 40.2 Å². The van der Waals surface area contributed by atoms with E-state index in [1.165, 1.54) is 5.56 Å². The quantitative estimate of drug-likeness (QED) is 0.494. The van der Waals surface area contributed by atoms with Crippen molar-refractivity contribution in [3.05, 3.63) is 71.3 Å². The molecule has 5 rings (SSSR count). The molecule has 4 heterocycles. The fourth-order valence-corrected chi connectivity index (χ4v) is 4.68. The highest BCUT2D eigenvalue weighted by atomic mass is 16.1. The second kappa shape index (κ2) is 9.21. The largest absolute Gasteiger partial charge is 0.352 e. The van der Waals surface area contributed by atoms with Crippen LogP contribution in [0.15, 0.2) is 48.8 Å². The molecule has 4 aromatic rings. The van der Waals surface area contributed by atoms with Crippen LogP contribution in [0.4, 0.5) is 5.82 Å². The zero-order valence-electron chi connectivity index (χ0n) is 19.8. The molecule has 1 aliphatic heterocycles. The van der Waals surface area contributed by atoms with Crippen molar-refractivity contribution in [3.8, 4) is 5.69 Å². The first kappa shape index (κ1) is 22.0. The van der Waals surface area contributed by atoms with Crippen molar-refractivity contribution in [1.82, 2.24) is 30.3 Å². The number of amides is 1. The Balaban J connectivity index is 1.41. The Morgan fingerprint density at radius 3 is 2.71 bits per heavy atom. The molecular formula is C26H29N7O. The molecule has 0 aliphatic carbocycles. The molecule has 3 aromatic heterocycles. The van der Waals surface area contributed by atoms with Gasteiger partial charge in [-0.1, -0.05) is 23.8 Å². The third-order valence-corrected chi connectivity index (χ3v) is 6.54. The highest BCUT2D eigenvalue weighted by Gasteiger charge is 2.29. The number of nitrogens with zero attached hydrogens (tertiary/aromatic N) is 6. The second-order valence-corrected chi connectivity index (χ2v) is 9.03. The van der Waals surface area contributed by atoms with Crippen LogP contribution in [0.5, 0.6) is 0 Å². The standard InChI is InChI=1S/C26H29N7O/c1-17-8-10-22(11-9-17)33-19(3)23-18(2)29-30-25(24(23)31-33)32-13-5-7-21(16-32)26(34)28-15-20-6-4-12-27-14-20/h4,6,8-12,14,21H,5,7,13,15-16H2,1-3H3,(H,28,34)/t21-/m1/s1. The Morgan fingerprint density at radius 2 is 1.94 bits per heavy atom. The van der Waals surface area contributed by atoms with Crippen LogP contribution in [0.2, 0.25) is 0 Å². The van der Waals surface area contributed by atoms with E-state index in [-0.39, 0.29) is 11.8 Å². The van der Waals surface area contributed by atoms with Crippen molar-refractivity contribution < 1.29 is 4.79 Å². The maximum atomic E-state index is 12.9. The summed E-state index contributed by atoms with van der Waals surface area (Å²) in [4.78, 5) is 19.2. The number of aromatic nitrogens is 5. The zero-order valence-corrected chi connectivity index (χ0v) is 19.8. The van der Waals surface area contributed by atoms with E-state index < -0.39 is 0 Å². The number of aryl methyl sites for hydroxylation is 3. The highest BCUT2D eigenvalue weighted by molar-refractivity contribution is 5.92. The number of fused-ring (bicyclic) bond motifs is 1. The van der Waals surface area contributed by atoms with E-state index >= 15 is 0 Å². The molecule has 0 spiro atoms. The summed E-state index contributed by atoms with van der Waals surface area (Å²) in [6, 6.07) is 12.2. The van der Waals surface area contributed by atoms with Crippen molar-refractivity contribution in [2.24, 2.45) is 5.92 Å². The van der Waals surface area contributed by atoms with Gasteiger partial charge in [0.25, 0.3) is 0 Å². The van der Waals surface area contributed by atoms with E-state index in [0.717, 1.165) is 58.7 Å². The molecule has 1 atom stereocenters. The maximum Gasteiger partial charge on any atom is 0.225 e. The molecule has 1 aliphatic rings. The first-order chi connectivity index (χ1) is 16.5. The van der Waals surface area contributed by atoms with Gasteiger partial charge in [-0.2, -0.15) is 10.2 Å². The van der Waals surface area contributed by atoms with Gasteiger partial charge in [-0.3, -0.25) is 9.78 Å². The Kier molecular flexibility index (Phi) is 5.96. The number of anilines is 1. The molecular weight excluding hydrogens is 426 g/mol. The van der Waals surface area contributed by atoms with E-state index in [4.69, 9.17) is 5.10 Å². The van der Waals surface area contributed by atoms with Gasteiger partial charge in [0, 0.05) is 32.0 Å². The summed E-state index contributed by atoms with van der Waals surface area (Å²) >= 11 is 0. The van der Waals surface area contributed by atoms with Gasteiger partial charge >= 0.3 is 0 Å². The molecule has 1 saturated heterocycles. The molecule has 1 fully saturated rings. The lowest BCUT2D eigenvalue weighted by molar-refractivity contribution is -0.125. The van der Waals surface area contributed by atoms with Crippen LogP contribution in [0, 0.1) is 26.7 Å². The van der Waals surface area contributed by atoms with E-state index in [0.29, 0.717) is 13.1 Å². The van der Waals surface area contributed by atoms with E-state index in [9.17, 15) is 4.79 Å². The molecule has 0 unspecified atom stereocenters. The summed E-state index contributed by atoms with van der Waals surface area (Å²) in [5.41, 5.74) is 5.94. The van der Waals surface area contributed by atoms with E-state index in [1.54, 1.807) is 12.4 Å². The maximum absolute atomic E-state index is 12.9. The number of rotatable bonds is 5. The number of carbonyl (C=O) groups excluding carboxylic acids is 1. The average molecular weight is 456 g/mol. The lowest BCUT2D eigenvalue weighted by atomic mass is 9.97. The predicted molar refractivity (Wildman–Crippen MR) is 132 cm³/mol. The molecule has 1 aromatic carbocycles. The third kappa shape index (κ3) is 4.23. The molecule has 1 N–H and O–H groups in total. The molecule has 174 valence electrons. The smallest absolute Gasteiger partial charge is 0.225 e. The van der Waals surface area contributed by atoms with Gasteiger partial charge in [0.1, 0.15) is 5.52 Å². The number of hydrogen-bond donors (Lipinski definition) is 1. The van der Waals surface area contributed by atoms with Gasteiger partial charge in [-0.25, -0.2) is 4.68 Å². The van der Waals surface area contributed by atoms with Gasteiger partial charge in [-0.15, -0.1) is 5.10 Å². The molecule has 8 heteroatoms. The van der Waals surface area contributed by atoms with Crippen LogP contribution in [-0.4, -0.2) is 44.0 Å². The van der Waals surface area contributed by atoms with Gasteiger partial charge in [0.2, 0.25) is 5.91 Å². The minimum Gasteiger partial charge on any atom is -0.352 e. The monoisotopic (exact) mass is 455 g/mol. The number of hydrogen-bond acceptors (Lipinski definition) is 6. The summed E-state index contributed by atoms with van der Waals surface area (Å²) in [6.45, 7) is 8.03. The third-order valence-electron chi connectivity index (χ3n) is 6.54. The number of carbonyl (C=O) groups is 1. The summed E-state index contributed by atoms with van der Waals surface area (Å²) < 4.78 is 1.96. The van der Waals surface area contributed by atoms with Gasteiger partial charge in [0.05, 0.1) is 28.4 Å².